The maximum atomic E-state index is 10.6. The van der Waals surface area contributed by atoms with Crippen molar-refractivity contribution in [3.05, 3.63) is 32.8 Å². The molecule has 0 heterocycles. The van der Waals surface area contributed by atoms with Crippen LogP contribution in [0.25, 0.3) is 0 Å². The first-order valence-corrected chi connectivity index (χ1v) is 5.48. The number of hydrogen-bond acceptors (Lipinski definition) is 3. The summed E-state index contributed by atoms with van der Waals surface area (Å²) in [5.74, 6) is 0.496. The van der Waals surface area contributed by atoms with E-state index >= 15 is 0 Å². The Morgan fingerprint density at radius 3 is 2.73 bits per heavy atom. The summed E-state index contributed by atoms with van der Waals surface area (Å²) in [6.45, 7) is 4.95. The number of hydrogen-bond donors (Lipinski definition) is 1. The highest BCUT2D eigenvalue weighted by Gasteiger charge is 2.09. The number of nitro benzene ring substituents is 1. The van der Waals surface area contributed by atoms with Gasteiger partial charge in [0.2, 0.25) is 0 Å². The molecule has 0 saturated carbocycles. The van der Waals surface area contributed by atoms with Crippen molar-refractivity contribution in [3.8, 4) is 0 Å². The standard InChI is InChI=1S/C10H13BrN2O2/c1-7(2)6-12-10-5-8(13(14)15)3-4-9(10)11/h3-5,7,12H,6H2,1-2H3. The summed E-state index contributed by atoms with van der Waals surface area (Å²) in [6, 6.07) is 4.69. The van der Waals surface area contributed by atoms with Crippen molar-refractivity contribution < 1.29 is 4.92 Å². The second-order valence-electron chi connectivity index (χ2n) is 3.70. The molecule has 0 amide bonds. The fraction of sp³-hybridized carbons (Fsp3) is 0.400. The number of anilines is 1. The molecule has 0 aliphatic carbocycles. The molecule has 1 aromatic rings. The second-order valence-corrected chi connectivity index (χ2v) is 4.55. The van der Waals surface area contributed by atoms with Gasteiger partial charge in [-0.05, 0) is 27.9 Å². The first kappa shape index (κ1) is 12.0. The van der Waals surface area contributed by atoms with Gasteiger partial charge in [0, 0.05) is 23.2 Å². The predicted molar refractivity (Wildman–Crippen MR) is 64.1 cm³/mol. The molecule has 0 aliphatic heterocycles. The predicted octanol–water partition coefficient (Wildman–Crippen LogP) is 3.43. The summed E-state index contributed by atoms with van der Waals surface area (Å²) in [7, 11) is 0. The Hall–Kier alpha value is -1.10. The van der Waals surface area contributed by atoms with Crippen molar-refractivity contribution in [2.75, 3.05) is 11.9 Å². The van der Waals surface area contributed by atoms with E-state index in [9.17, 15) is 10.1 Å². The van der Waals surface area contributed by atoms with Crippen LogP contribution in [0.15, 0.2) is 22.7 Å². The van der Waals surface area contributed by atoms with Crippen LogP contribution in [0, 0.1) is 16.0 Å². The minimum absolute atomic E-state index is 0.101. The van der Waals surface area contributed by atoms with Gasteiger partial charge in [-0.15, -0.1) is 0 Å². The fourth-order valence-electron chi connectivity index (χ4n) is 1.08. The molecule has 4 nitrogen and oxygen atoms in total. The molecule has 1 rings (SSSR count). The maximum absolute atomic E-state index is 10.6. The van der Waals surface area contributed by atoms with Gasteiger partial charge < -0.3 is 5.32 Å². The highest BCUT2D eigenvalue weighted by Crippen LogP contribution is 2.27. The van der Waals surface area contributed by atoms with Crippen LogP contribution in [0.1, 0.15) is 13.8 Å². The number of non-ortho nitro benzene ring substituents is 1. The van der Waals surface area contributed by atoms with Gasteiger partial charge in [-0.25, -0.2) is 0 Å². The summed E-state index contributed by atoms with van der Waals surface area (Å²) < 4.78 is 0.841. The van der Waals surface area contributed by atoms with Gasteiger partial charge in [-0.3, -0.25) is 10.1 Å². The summed E-state index contributed by atoms with van der Waals surface area (Å²) in [5.41, 5.74) is 0.863. The monoisotopic (exact) mass is 272 g/mol. The van der Waals surface area contributed by atoms with E-state index in [0.29, 0.717) is 5.92 Å². The number of benzene rings is 1. The highest BCUT2D eigenvalue weighted by molar-refractivity contribution is 9.10. The molecule has 0 aromatic heterocycles. The van der Waals surface area contributed by atoms with Gasteiger partial charge >= 0.3 is 0 Å². The van der Waals surface area contributed by atoms with E-state index in [0.717, 1.165) is 16.7 Å². The van der Waals surface area contributed by atoms with Gasteiger partial charge in [0.15, 0.2) is 0 Å². The zero-order valence-electron chi connectivity index (χ0n) is 8.66. The summed E-state index contributed by atoms with van der Waals surface area (Å²) in [5, 5.41) is 13.7. The Labute approximate surface area is 97.0 Å². The summed E-state index contributed by atoms with van der Waals surface area (Å²) in [4.78, 5) is 10.2. The van der Waals surface area contributed by atoms with E-state index in [1.807, 2.05) is 0 Å². The van der Waals surface area contributed by atoms with E-state index in [1.54, 1.807) is 6.07 Å². The molecule has 5 heteroatoms. The molecule has 0 bridgehead atoms. The lowest BCUT2D eigenvalue weighted by molar-refractivity contribution is -0.384. The lowest BCUT2D eigenvalue weighted by Gasteiger charge is -2.10. The number of rotatable bonds is 4. The normalized spacial score (nSPS) is 10.4. The molecule has 0 fully saturated rings. The molecule has 0 aliphatic rings. The molecule has 1 aromatic carbocycles. The third-order valence-corrected chi connectivity index (χ3v) is 2.55. The maximum Gasteiger partial charge on any atom is 0.271 e. The van der Waals surface area contributed by atoms with Crippen LogP contribution in [-0.2, 0) is 0 Å². The van der Waals surface area contributed by atoms with Gasteiger partial charge in [0.25, 0.3) is 5.69 Å². The fourth-order valence-corrected chi connectivity index (χ4v) is 1.46. The molecular weight excluding hydrogens is 260 g/mol. The van der Waals surface area contributed by atoms with Crippen molar-refractivity contribution in [1.29, 1.82) is 0 Å². The first-order valence-electron chi connectivity index (χ1n) is 4.68. The number of nitro groups is 1. The molecule has 82 valence electrons. The molecule has 0 saturated heterocycles. The van der Waals surface area contributed by atoms with Gasteiger partial charge in [0.05, 0.1) is 10.6 Å². The Morgan fingerprint density at radius 2 is 2.20 bits per heavy atom. The second kappa shape index (κ2) is 5.11. The zero-order chi connectivity index (χ0) is 11.4. The average Bonchev–Trinajstić information content (AvgIpc) is 2.16. The van der Waals surface area contributed by atoms with Crippen molar-refractivity contribution in [2.45, 2.75) is 13.8 Å². The van der Waals surface area contributed by atoms with Crippen LogP contribution < -0.4 is 5.32 Å². The van der Waals surface area contributed by atoms with Crippen LogP contribution in [0.2, 0.25) is 0 Å². The molecule has 0 radical (unpaired) electrons. The molecule has 0 atom stereocenters. The van der Waals surface area contributed by atoms with Crippen molar-refractivity contribution >= 4 is 27.3 Å². The summed E-state index contributed by atoms with van der Waals surface area (Å²) in [6.07, 6.45) is 0. The van der Waals surface area contributed by atoms with E-state index in [-0.39, 0.29) is 5.69 Å². The Balaban J connectivity index is 2.85. The lowest BCUT2D eigenvalue weighted by atomic mass is 10.2. The molecule has 1 N–H and O–H groups in total. The smallest absolute Gasteiger partial charge is 0.271 e. The van der Waals surface area contributed by atoms with Crippen molar-refractivity contribution in [1.82, 2.24) is 0 Å². The number of halogens is 1. The van der Waals surface area contributed by atoms with Crippen LogP contribution in [0.5, 0.6) is 0 Å². The first-order chi connectivity index (χ1) is 7.00. The van der Waals surface area contributed by atoms with Gasteiger partial charge in [0.1, 0.15) is 0 Å². The van der Waals surface area contributed by atoms with E-state index in [4.69, 9.17) is 0 Å². The summed E-state index contributed by atoms with van der Waals surface area (Å²) >= 11 is 3.34. The quantitative estimate of drug-likeness (QED) is 0.675. The number of nitrogens with zero attached hydrogens (tertiary/aromatic N) is 1. The van der Waals surface area contributed by atoms with E-state index in [1.165, 1.54) is 12.1 Å². The third-order valence-electron chi connectivity index (χ3n) is 1.86. The lowest BCUT2D eigenvalue weighted by Crippen LogP contribution is -2.08. The van der Waals surface area contributed by atoms with E-state index < -0.39 is 4.92 Å². The van der Waals surface area contributed by atoms with Crippen molar-refractivity contribution in [3.63, 3.8) is 0 Å². The van der Waals surface area contributed by atoms with Crippen LogP contribution in [0.3, 0.4) is 0 Å². The molecule has 0 spiro atoms. The Bertz CT molecular complexity index is 366. The van der Waals surface area contributed by atoms with Crippen LogP contribution in [-0.4, -0.2) is 11.5 Å². The van der Waals surface area contributed by atoms with Crippen LogP contribution >= 0.6 is 15.9 Å². The zero-order valence-corrected chi connectivity index (χ0v) is 10.2. The van der Waals surface area contributed by atoms with Crippen LogP contribution in [0.4, 0.5) is 11.4 Å². The average molecular weight is 273 g/mol. The molecule has 15 heavy (non-hydrogen) atoms. The minimum Gasteiger partial charge on any atom is -0.384 e. The van der Waals surface area contributed by atoms with Crippen molar-refractivity contribution in [2.24, 2.45) is 5.92 Å². The molecule has 0 unspecified atom stereocenters. The Kier molecular flexibility index (Phi) is 4.08. The van der Waals surface area contributed by atoms with E-state index in [2.05, 4.69) is 35.1 Å². The van der Waals surface area contributed by atoms with Gasteiger partial charge in [-0.2, -0.15) is 0 Å². The largest absolute Gasteiger partial charge is 0.384 e. The number of nitrogens with one attached hydrogen (secondary N) is 1. The van der Waals surface area contributed by atoms with Gasteiger partial charge in [-0.1, -0.05) is 13.8 Å². The molecular formula is C10H13BrN2O2. The minimum atomic E-state index is -0.396. The SMILES string of the molecule is CC(C)CNc1cc([N+](=O)[O-])ccc1Br. The Morgan fingerprint density at radius 1 is 1.53 bits per heavy atom. The highest BCUT2D eigenvalue weighted by atomic mass is 79.9. The topological polar surface area (TPSA) is 55.2 Å². The third kappa shape index (κ3) is 3.51.